The Morgan fingerprint density at radius 1 is 1.33 bits per heavy atom. The average molecular weight is 257 g/mol. The summed E-state index contributed by atoms with van der Waals surface area (Å²) in [6.07, 6.45) is 1.20. The number of rotatable bonds is 3. The molecule has 2 heterocycles. The summed E-state index contributed by atoms with van der Waals surface area (Å²) in [7, 11) is 0. The van der Waals surface area contributed by atoms with E-state index in [1.165, 1.54) is 0 Å². The Bertz CT molecular complexity index is 301. The number of morpholine rings is 1. The molecule has 0 aromatic rings. The Morgan fingerprint density at radius 3 is 2.56 bits per heavy atom. The molecule has 2 atom stereocenters. The number of carboxylic acid groups (broad SMARTS) is 1. The van der Waals surface area contributed by atoms with E-state index in [1.807, 2.05) is 0 Å². The van der Waals surface area contributed by atoms with E-state index in [0.717, 1.165) is 0 Å². The Kier molecular flexibility index (Phi) is 4.25. The summed E-state index contributed by atoms with van der Waals surface area (Å²) in [6, 6.07) is 0. The van der Waals surface area contributed by atoms with Crippen LogP contribution < -0.4 is 0 Å². The van der Waals surface area contributed by atoms with Crippen LogP contribution in [0.5, 0.6) is 0 Å². The van der Waals surface area contributed by atoms with Gasteiger partial charge in [-0.15, -0.1) is 0 Å². The quantitative estimate of drug-likeness (QED) is 0.816. The Labute approximate surface area is 108 Å². The Balaban J connectivity index is 2.17. The van der Waals surface area contributed by atoms with Crippen LogP contribution in [0.25, 0.3) is 0 Å². The Hall–Kier alpha value is -0.650. The maximum atomic E-state index is 11.8. The van der Waals surface area contributed by atoms with E-state index in [-0.39, 0.29) is 6.10 Å². The molecule has 0 aromatic carbocycles. The highest BCUT2D eigenvalue weighted by molar-refractivity contribution is 5.79. The van der Waals surface area contributed by atoms with Gasteiger partial charge in [-0.3, -0.25) is 9.69 Å². The van der Waals surface area contributed by atoms with Gasteiger partial charge in [-0.05, 0) is 12.3 Å². The molecule has 18 heavy (non-hydrogen) atoms. The van der Waals surface area contributed by atoms with Crippen molar-refractivity contribution in [3.05, 3.63) is 0 Å². The van der Waals surface area contributed by atoms with Crippen molar-refractivity contribution >= 4 is 5.97 Å². The van der Waals surface area contributed by atoms with Gasteiger partial charge in [0, 0.05) is 26.1 Å². The van der Waals surface area contributed by atoms with Gasteiger partial charge in [0.1, 0.15) is 5.54 Å². The van der Waals surface area contributed by atoms with Gasteiger partial charge in [-0.25, -0.2) is 0 Å². The summed E-state index contributed by atoms with van der Waals surface area (Å²) < 4.78 is 11.0. The van der Waals surface area contributed by atoms with Gasteiger partial charge in [0.05, 0.1) is 19.3 Å². The predicted octanol–water partition coefficient (Wildman–Crippen LogP) is 0.977. The molecule has 0 saturated carbocycles. The molecule has 2 aliphatic rings. The zero-order valence-electron chi connectivity index (χ0n) is 11.2. The lowest BCUT2D eigenvalue weighted by Gasteiger charge is -2.47. The minimum absolute atomic E-state index is 0.0395. The molecule has 0 amide bonds. The lowest BCUT2D eigenvalue weighted by atomic mass is 9.81. The molecule has 0 bridgehead atoms. The van der Waals surface area contributed by atoms with Crippen molar-refractivity contribution in [3.63, 3.8) is 0 Å². The number of aliphatic carboxylic acids is 1. The van der Waals surface area contributed by atoms with E-state index in [0.29, 0.717) is 51.7 Å². The highest BCUT2D eigenvalue weighted by Gasteiger charge is 2.48. The molecule has 5 nitrogen and oxygen atoms in total. The molecule has 2 rings (SSSR count). The van der Waals surface area contributed by atoms with Crippen LogP contribution >= 0.6 is 0 Å². The maximum Gasteiger partial charge on any atom is 0.324 e. The zero-order valence-corrected chi connectivity index (χ0v) is 11.2. The average Bonchev–Trinajstić information content (AvgIpc) is 2.39. The van der Waals surface area contributed by atoms with Crippen molar-refractivity contribution in [3.8, 4) is 0 Å². The van der Waals surface area contributed by atoms with E-state index in [2.05, 4.69) is 18.7 Å². The SMILES string of the molecule is CC(C)C1CC(C(=O)O)(N2CCOCC2)CCO1. The number of carboxylic acids is 1. The topological polar surface area (TPSA) is 59.0 Å². The molecule has 104 valence electrons. The molecule has 2 saturated heterocycles. The normalized spacial score (nSPS) is 34.7. The molecular weight excluding hydrogens is 234 g/mol. The van der Waals surface area contributed by atoms with Gasteiger partial charge < -0.3 is 14.6 Å². The Morgan fingerprint density at radius 2 is 2.00 bits per heavy atom. The molecule has 0 aliphatic carbocycles. The molecule has 0 spiro atoms. The smallest absolute Gasteiger partial charge is 0.324 e. The zero-order chi connectivity index (χ0) is 13.2. The van der Waals surface area contributed by atoms with Gasteiger partial charge in [0.2, 0.25) is 0 Å². The lowest BCUT2D eigenvalue weighted by Crippen LogP contribution is -2.62. The van der Waals surface area contributed by atoms with Crippen molar-refractivity contribution < 1.29 is 19.4 Å². The molecule has 2 fully saturated rings. The number of hydrogen-bond acceptors (Lipinski definition) is 4. The highest BCUT2D eigenvalue weighted by Crippen LogP contribution is 2.34. The third kappa shape index (κ3) is 2.53. The molecule has 5 heteroatoms. The minimum Gasteiger partial charge on any atom is -0.480 e. The molecule has 0 radical (unpaired) electrons. The van der Waals surface area contributed by atoms with Crippen molar-refractivity contribution in [2.24, 2.45) is 5.92 Å². The van der Waals surface area contributed by atoms with Crippen molar-refractivity contribution in [2.45, 2.75) is 38.3 Å². The fourth-order valence-electron chi connectivity index (χ4n) is 2.91. The van der Waals surface area contributed by atoms with Crippen LogP contribution in [0, 0.1) is 5.92 Å². The summed E-state index contributed by atoms with van der Waals surface area (Å²) in [6.45, 7) is 7.37. The molecular formula is C13H23NO4. The van der Waals surface area contributed by atoms with Gasteiger partial charge in [-0.1, -0.05) is 13.8 Å². The fraction of sp³-hybridized carbons (Fsp3) is 0.923. The van der Waals surface area contributed by atoms with Crippen molar-refractivity contribution in [2.75, 3.05) is 32.9 Å². The summed E-state index contributed by atoms with van der Waals surface area (Å²) >= 11 is 0. The van der Waals surface area contributed by atoms with Gasteiger partial charge in [0.15, 0.2) is 0 Å². The standard InChI is InChI=1S/C13H23NO4/c1-10(2)11-9-13(12(15)16,3-6-18-11)14-4-7-17-8-5-14/h10-11H,3-9H2,1-2H3,(H,15,16). The van der Waals surface area contributed by atoms with Gasteiger partial charge in [0.25, 0.3) is 0 Å². The second kappa shape index (κ2) is 5.55. The van der Waals surface area contributed by atoms with Gasteiger partial charge in [-0.2, -0.15) is 0 Å². The lowest BCUT2D eigenvalue weighted by molar-refractivity contribution is -0.170. The highest BCUT2D eigenvalue weighted by atomic mass is 16.5. The van der Waals surface area contributed by atoms with Crippen LogP contribution in [-0.4, -0.2) is 60.5 Å². The molecule has 0 aromatic heterocycles. The maximum absolute atomic E-state index is 11.8. The number of ether oxygens (including phenoxy) is 2. The molecule has 2 unspecified atom stereocenters. The largest absolute Gasteiger partial charge is 0.480 e. The minimum atomic E-state index is -0.753. The second-order valence-corrected chi connectivity index (χ2v) is 5.54. The van der Waals surface area contributed by atoms with Crippen molar-refractivity contribution in [1.29, 1.82) is 0 Å². The first-order valence-electron chi connectivity index (χ1n) is 6.74. The van der Waals surface area contributed by atoms with Gasteiger partial charge >= 0.3 is 5.97 Å². The first-order chi connectivity index (χ1) is 8.56. The van der Waals surface area contributed by atoms with E-state index in [1.54, 1.807) is 0 Å². The molecule has 1 N–H and O–H groups in total. The van der Waals surface area contributed by atoms with Crippen LogP contribution in [0.1, 0.15) is 26.7 Å². The monoisotopic (exact) mass is 257 g/mol. The van der Waals surface area contributed by atoms with E-state index in [9.17, 15) is 9.90 Å². The van der Waals surface area contributed by atoms with E-state index < -0.39 is 11.5 Å². The van der Waals surface area contributed by atoms with Crippen LogP contribution in [-0.2, 0) is 14.3 Å². The molecule has 2 aliphatic heterocycles. The third-order valence-corrected chi connectivity index (χ3v) is 4.14. The number of carbonyl (C=O) groups is 1. The summed E-state index contributed by atoms with van der Waals surface area (Å²) in [5.41, 5.74) is -0.753. The first-order valence-corrected chi connectivity index (χ1v) is 6.74. The third-order valence-electron chi connectivity index (χ3n) is 4.14. The first kappa shape index (κ1) is 13.8. The van der Waals surface area contributed by atoms with E-state index in [4.69, 9.17) is 9.47 Å². The number of hydrogen-bond donors (Lipinski definition) is 1. The second-order valence-electron chi connectivity index (χ2n) is 5.54. The summed E-state index contributed by atoms with van der Waals surface area (Å²) in [5, 5.41) is 9.70. The summed E-state index contributed by atoms with van der Waals surface area (Å²) in [5.74, 6) is -0.358. The predicted molar refractivity (Wildman–Crippen MR) is 66.6 cm³/mol. The van der Waals surface area contributed by atoms with E-state index >= 15 is 0 Å². The van der Waals surface area contributed by atoms with Crippen LogP contribution in [0.15, 0.2) is 0 Å². The summed E-state index contributed by atoms with van der Waals surface area (Å²) in [4.78, 5) is 13.9. The van der Waals surface area contributed by atoms with Crippen LogP contribution in [0.4, 0.5) is 0 Å². The van der Waals surface area contributed by atoms with Crippen LogP contribution in [0.2, 0.25) is 0 Å². The number of nitrogens with zero attached hydrogens (tertiary/aromatic N) is 1. The van der Waals surface area contributed by atoms with Crippen LogP contribution in [0.3, 0.4) is 0 Å². The van der Waals surface area contributed by atoms with Crippen molar-refractivity contribution in [1.82, 2.24) is 4.90 Å². The fourth-order valence-corrected chi connectivity index (χ4v) is 2.91.